The minimum Gasteiger partial charge on any atom is -0.497 e. The highest BCUT2D eigenvalue weighted by atomic mass is 32.2. The molecule has 0 spiro atoms. The van der Waals surface area contributed by atoms with Gasteiger partial charge in [-0.3, -0.25) is 0 Å². The minimum absolute atomic E-state index is 0.116. The molecule has 0 aromatic heterocycles. The summed E-state index contributed by atoms with van der Waals surface area (Å²) in [5.74, 6) is 5.27. The number of aliphatic hydroxyl groups is 1. The molecule has 5 atom stereocenters. The van der Waals surface area contributed by atoms with Crippen LogP contribution in [0.4, 0.5) is 0 Å². The lowest BCUT2D eigenvalue weighted by molar-refractivity contribution is -0.0525. The van der Waals surface area contributed by atoms with Gasteiger partial charge in [0.1, 0.15) is 5.75 Å². The third kappa shape index (κ3) is 2.12. The SMILES string of the molecule is COc1ccc2c(c1)CC[C@@H]1[C@@H]2CC[C@]2(C)[C@@H](O)CSC[C@@H]12. The van der Waals surface area contributed by atoms with E-state index in [1.165, 1.54) is 37.0 Å². The molecule has 0 amide bonds. The molecule has 1 N–H and O–H groups in total. The second-order valence-corrected chi connectivity index (χ2v) is 8.65. The van der Waals surface area contributed by atoms with Crippen molar-refractivity contribution in [2.75, 3.05) is 18.6 Å². The fraction of sp³-hybridized carbons (Fsp3) is 0.684. The maximum atomic E-state index is 10.6. The molecule has 3 aliphatic rings. The van der Waals surface area contributed by atoms with E-state index in [-0.39, 0.29) is 11.5 Å². The van der Waals surface area contributed by atoms with Crippen LogP contribution in [0, 0.1) is 17.3 Å². The molecule has 4 rings (SSSR count). The summed E-state index contributed by atoms with van der Waals surface area (Å²) in [6.45, 7) is 2.35. The van der Waals surface area contributed by atoms with Crippen molar-refractivity contribution in [2.45, 2.75) is 44.6 Å². The summed E-state index contributed by atoms with van der Waals surface area (Å²) in [5, 5.41) is 10.6. The van der Waals surface area contributed by atoms with Gasteiger partial charge in [0.15, 0.2) is 0 Å². The summed E-state index contributed by atoms with van der Waals surface area (Å²) in [6, 6.07) is 6.67. The molecule has 1 aromatic rings. The van der Waals surface area contributed by atoms with Gasteiger partial charge < -0.3 is 9.84 Å². The van der Waals surface area contributed by atoms with Gasteiger partial charge in [-0.1, -0.05) is 13.0 Å². The van der Waals surface area contributed by atoms with Crippen molar-refractivity contribution in [1.29, 1.82) is 0 Å². The molecule has 1 heterocycles. The predicted molar refractivity (Wildman–Crippen MR) is 91.7 cm³/mol. The van der Waals surface area contributed by atoms with Gasteiger partial charge in [0.25, 0.3) is 0 Å². The Morgan fingerprint density at radius 3 is 2.95 bits per heavy atom. The van der Waals surface area contributed by atoms with Crippen molar-refractivity contribution < 1.29 is 9.84 Å². The quantitative estimate of drug-likeness (QED) is 0.852. The van der Waals surface area contributed by atoms with Gasteiger partial charge in [0, 0.05) is 5.75 Å². The fourth-order valence-electron chi connectivity index (χ4n) is 5.26. The smallest absolute Gasteiger partial charge is 0.119 e. The van der Waals surface area contributed by atoms with E-state index in [1.807, 2.05) is 11.8 Å². The average Bonchev–Trinajstić information content (AvgIpc) is 2.55. The van der Waals surface area contributed by atoms with Crippen molar-refractivity contribution in [3.8, 4) is 5.75 Å². The number of methoxy groups -OCH3 is 1. The second kappa shape index (κ2) is 5.45. The summed E-state index contributed by atoms with van der Waals surface area (Å²) < 4.78 is 5.40. The number of ether oxygens (including phenoxy) is 1. The Morgan fingerprint density at radius 1 is 1.27 bits per heavy atom. The normalized spacial score (nSPS) is 40.3. The van der Waals surface area contributed by atoms with Crippen LogP contribution in [0.25, 0.3) is 0 Å². The zero-order valence-corrected chi connectivity index (χ0v) is 14.4. The van der Waals surface area contributed by atoms with E-state index >= 15 is 0 Å². The van der Waals surface area contributed by atoms with E-state index in [9.17, 15) is 5.11 Å². The van der Waals surface area contributed by atoms with E-state index in [1.54, 1.807) is 12.7 Å². The van der Waals surface area contributed by atoms with Crippen LogP contribution in [0.2, 0.25) is 0 Å². The first-order valence-electron chi connectivity index (χ1n) is 8.56. The van der Waals surface area contributed by atoms with Crippen LogP contribution < -0.4 is 4.74 Å². The second-order valence-electron chi connectivity index (χ2n) is 7.58. The Labute approximate surface area is 137 Å². The standard InChI is InChI=1S/C19H26O2S/c1-19-8-7-15-14-6-4-13(21-2)9-12(14)3-5-16(15)17(19)10-22-11-18(19)20/h4,6,9,15-18,20H,3,5,7-8,10-11H2,1-2H3/t15-,16-,17+,18+,19+/m1/s1. The summed E-state index contributed by atoms with van der Waals surface area (Å²) in [4.78, 5) is 0. The first-order chi connectivity index (χ1) is 10.6. The molecule has 1 saturated carbocycles. The molecule has 1 aliphatic heterocycles. The number of aryl methyl sites for hydroxylation is 1. The van der Waals surface area contributed by atoms with Crippen LogP contribution >= 0.6 is 11.8 Å². The first-order valence-corrected chi connectivity index (χ1v) is 9.71. The highest BCUT2D eigenvalue weighted by Crippen LogP contribution is 2.58. The number of benzene rings is 1. The van der Waals surface area contributed by atoms with Crippen LogP contribution in [0.5, 0.6) is 5.75 Å². The third-order valence-corrected chi connectivity index (χ3v) is 7.85. The Morgan fingerprint density at radius 2 is 2.14 bits per heavy atom. The lowest BCUT2D eigenvalue weighted by Crippen LogP contribution is -2.53. The summed E-state index contributed by atoms with van der Waals surface area (Å²) in [7, 11) is 1.75. The Kier molecular flexibility index (Phi) is 3.69. The Balaban J connectivity index is 1.68. The van der Waals surface area contributed by atoms with E-state index in [2.05, 4.69) is 25.1 Å². The molecule has 120 valence electrons. The minimum atomic E-state index is -0.116. The molecule has 2 aliphatic carbocycles. The molecule has 2 nitrogen and oxygen atoms in total. The van der Waals surface area contributed by atoms with Crippen molar-refractivity contribution in [1.82, 2.24) is 0 Å². The Hall–Kier alpha value is -0.670. The van der Waals surface area contributed by atoms with Crippen molar-refractivity contribution in [3.63, 3.8) is 0 Å². The van der Waals surface area contributed by atoms with Gasteiger partial charge in [-0.05, 0) is 77.9 Å². The summed E-state index contributed by atoms with van der Waals surface area (Å²) in [6.07, 6.45) is 4.74. The first kappa shape index (κ1) is 14.9. The van der Waals surface area contributed by atoms with Gasteiger partial charge in [-0.2, -0.15) is 11.8 Å². The Bertz CT molecular complexity index is 573. The van der Waals surface area contributed by atoms with Gasteiger partial charge in [0.2, 0.25) is 0 Å². The highest BCUT2D eigenvalue weighted by molar-refractivity contribution is 7.99. The largest absolute Gasteiger partial charge is 0.497 e. The van der Waals surface area contributed by atoms with Crippen LogP contribution in [-0.4, -0.2) is 29.8 Å². The number of hydrogen-bond acceptors (Lipinski definition) is 3. The maximum absolute atomic E-state index is 10.6. The lowest BCUT2D eigenvalue weighted by Gasteiger charge is -2.55. The topological polar surface area (TPSA) is 29.5 Å². The molecule has 22 heavy (non-hydrogen) atoms. The third-order valence-electron chi connectivity index (χ3n) is 6.71. The predicted octanol–water partition coefficient (Wildman–Crippen LogP) is 3.87. The van der Waals surface area contributed by atoms with Crippen LogP contribution in [0.1, 0.15) is 43.2 Å². The summed E-state index contributed by atoms with van der Waals surface area (Å²) in [5.41, 5.74) is 3.20. The van der Waals surface area contributed by atoms with E-state index in [0.717, 1.165) is 17.4 Å². The van der Waals surface area contributed by atoms with Crippen LogP contribution in [0.3, 0.4) is 0 Å². The summed E-state index contributed by atoms with van der Waals surface area (Å²) >= 11 is 1.96. The van der Waals surface area contributed by atoms with Gasteiger partial charge >= 0.3 is 0 Å². The van der Waals surface area contributed by atoms with Gasteiger partial charge in [-0.15, -0.1) is 0 Å². The van der Waals surface area contributed by atoms with E-state index in [4.69, 9.17) is 4.74 Å². The fourth-order valence-corrected chi connectivity index (χ4v) is 6.88. The van der Waals surface area contributed by atoms with Gasteiger partial charge in [-0.25, -0.2) is 0 Å². The molecule has 1 aromatic carbocycles. The monoisotopic (exact) mass is 318 g/mol. The van der Waals surface area contributed by atoms with Gasteiger partial charge in [0.05, 0.1) is 13.2 Å². The van der Waals surface area contributed by atoms with Crippen LogP contribution in [0.15, 0.2) is 18.2 Å². The molecular weight excluding hydrogens is 292 g/mol. The van der Waals surface area contributed by atoms with Crippen molar-refractivity contribution in [3.05, 3.63) is 29.3 Å². The van der Waals surface area contributed by atoms with E-state index in [0.29, 0.717) is 11.8 Å². The number of fused-ring (bicyclic) bond motifs is 5. The zero-order valence-electron chi connectivity index (χ0n) is 13.5. The molecule has 1 saturated heterocycles. The molecule has 0 radical (unpaired) electrons. The average molecular weight is 318 g/mol. The molecule has 2 fully saturated rings. The zero-order chi connectivity index (χ0) is 15.3. The molecule has 3 heteroatoms. The number of rotatable bonds is 1. The number of aliphatic hydroxyl groups excluding tert-OH is 1. The molecule has 0 bridgehead atoms. The number of hydrogen-bond donors (Lipinski definition) is 1. The van der Waals surface area contributed by atoms with Crippen molar-refractivity contribution in [2.24, 2.45) is 17.3 Å². The lowest BCUT2D eigenvalue weighted by atomic mass is 9.53. The molecular formula is C19H26O2S. The molecule has 0 unspecified atom stereocenters. The maximum Gasteiger partial charge on any atom is 0.119 e. The van der Waals surface area contributed by atoms with Crippen LogP contribution in [-0.2, 0) is 6.42 Å². The van der Waals surface area contributed by atoms with Crippen molar-refractivity contribution >= 4 is 11.8 Å². The highest BCUT2D eigenvalue weighted by Gasteiger charge is 2.52. The van der Waals surface area contributed by atoms with E-state index < -0.39 is 0 Å². The number of thioether (sulfide) groups is 1.